The van der Waals surface area contributed by atoms with E-state index in [4.69, 9.17) is 0 Å². The van der Waals surface area contributed by atoms with Gasteiger partial charge in [-0.2, -0.15) is 0 Å². The SMILES string of the molecule is C=C/C=C\c1c(I)cc2ccccc2c1C. The van der Waals surface area contributed by atoms with E-state index in [1.165, 1.54) is 25.5 Å². The summed E-state index contributed by atoms with van der Waals surface area (Å²) in [6.45, 7) is 5.88. The fraction of sp³-hybridized carbons (Fsp3) is 0.0667. The molecule has 0 bridgehead atoms. The van der Waals surface area contributed by atoms with Crippen molar-refractivity contribution in [1.29, 1.82) is 0 Å². The van der Waals surface area contributed by atoms with Crippen LogP contribution in [-0.2, 0) is 0 Å². The molecule has 0 saturated heterocycles. The lowest BCUT2D eigenvalue weighted by Crippen LogP contribution is -1.88. The first-order valence-electron chi connectivity index (χ1n) is 5.21. The highest BCUT2D eigenvalue weighted by Gasteiger charge is 2.05. The summed E-state index contributed by atoms with van der Waals surface area (Å²) >= 11 is 2.39. The molecule has 0 N–H and O–H groups in total. The molecular formula is C15H13I. The Morgan fingerprint density at radius 3 is 2.75 bits per heavy atom. The average Bonchev–Trinajstić information content (AvgIpc) is 2.29. The van der Waals surface area contributed by atoms with Crippen LogP contribution in [0.1, 0.15) is 11.1 Å². The molecule has 0 aliphatic carbocycles. The molecule has 0 nitrogen and oxygen atoms in total. The minimum atomic E-state index is 1.28. The van der Waals surface area contributed by atoms with Crippen LogP contribution in [0.3, 0.4) is 0 Å². The smallest absolute Gasteiger partial charge is 0.0211 e. The Morgan fingerprint density at radius 2 is 2.00 bits per heavy atom. The third kappa shape index (κ3) is 2.05. The predicted octanol–water partition coefficient (Wildman–Crippen LogP) is 4.95. The fourth-order valence-corrected chi connectivity index (χ4v) is 2.79. The van der Waals surface area contributed by atoms with Crippen LogP contribution in [0.5, 0.6) is 0 Å². The van der Waals surface area contributed by atoms with E-state index < -0.39 is 0 Å². The predicted molar refractivity (Wildman–Crippen MR) is 80.6 cm³/mol. The molecule has 0 atom stereocenters. The van der Waals surface area contributed by atoms with Crippen LogP contribution in [0, 0.1) is 10.5 Å². The molecule has 1 heteroatoms. The minimum absolute atomic E-state index is 1.28. The van der Waals surface area contributed by atoms with Gasteiger partial charge in [0.1, 0.15) is 0 Å². The number of hydrogen-bond donors (Lipinski definition) is 0. The maximum atomic E-state index is 3.71. The van der Waals surface area contributed by atoms with Crippen molar-refractivity contribution in [2.75, 3.05) is 0 Å². The first kappa shape index (κ1) is 11.4. The summed E-state index contributed by atoms with van der Waals surface area (Å²) in [7, 11) is 0. The molecule has 2 aromatic rings. The van der Waals surface area contributed by atoms with E-state index in [2.05, 4.69) is 72.5 Å². The monoisotopic (exact) mass is 320 g/mol. The van der Waals surface area contributed by atoms with Crippen molar-refractivity contribution in [3.8, 4) is 0 Å². The van der Waals surface area contributed by atoms with Crippen LogP contribution in [0.2, 0.25) is 0 Å². The van der Waals surface area contributed by atoms with Gasteiger partial charge in [-0.15, -0.1) is 0 Å². The number of rotatable bonds is 2. The molecule has 2 aromatic carbocycles. The van der Waals surface area contributed by atoms with Crippen LogP contribution < -0.4 is 0 Å². The molecule has 0 unspecified atom stereocenters. The third-order valence-corrected chi connectivity index (χ3v) is 3.60. The second kappa shape index (κ2) is 4.83. The summed E-state index contributed by atoms with van der Waals surface area (Å²) in [4.78, 5) is 0. The van der Waals surface area contributed by atoms with Gasteiger partial charge in [0.25, 0.3) is 0 Å². The van der Waals surface area contributed by atoms with Crippen LogP contribution in [0.4, 0.5) is 0 Å². The molecule has 0 fully saturated rings. The summed E-state index contributed by atoms with van der Waals surface area (Å²) in [6.07, 6.45) is 5.92. The van der Waals surface area contributed by atoms with Gasteiger partial charge in [-0.1, -0.05) is 49.1 Å². The molecule has 0 heterocycles. The van der Waals surface area contributed by atoms with E-state index in [1.807, 2.05) is 12.2 Å². The topological polar surface area (TPSA) is 0 Å². The van der Waals surface area contributed by atoms with Crippen molar-refractivity contribution in [3.63, 3.8) is 0 Å². The van der Waals surface area contributed by atoms with E-state index in [0.717, 1.165) is 0 Å². The second-order valence-corrected chi connectivity index (χ2v) is 4.88. The highest BCUT2D eigenvalue weighted by molar-refractivity contribution is 14.1. The van der Waals surface area contributed by atoms with Crippen LogP contribution in [0.15, 0.2) is 49.1 Å². The van der Waals surface area contributed by atoms with Crippen molar-refractivity contribution in [2.24, 2.45) is 0 Å². The highest BCUT2D eigenvalue weighted by atomic mass is 127. The van der Waals surface area contributed by atoms with Gasteiger partial charge < -0.3 is 0 Å². The van der Waals surface area contributed by atoms with Gasteiger partial charge in [-0.05, 0) is 57.5 Å². The summed E-state index contributed by atoms with van der Waals surface area (Å²) in [6, 6.07) is 10.7. The lowest BCUT2D eigenvalue weighted by atomic mass is 10.00. The molecule has 0 aliphatic heterocycles. The average molecular weight is 320 g/mol. The Kier molecular flexibility index (Phi) is 3.44. The largest absolute Gasteiger partial charge is 0.0991 e. The summed E-state index contributed by atoms with van der Waals surface area (Å²) in [5, 5.41) is 2.63. The molecule has 2 rings (SSSR count). The van der Waals surface area contributed by atoms with Crippen LogP contribution in [0.25, 0.3) is 16.8 Å². The van der Waals surface area contributed by atoms with E-state index in [9.17, 15) is 0 Å². The first-order valence-corrected chi connectivity index (χ1v) is 6.29. The van der Waals surface area contributed by atoms with Crippen molar-refractivity contribution >= 4 is 39.4 Å². The molecule has 0 spiro atoms. The number of hydrogen-bond acceptors (Lipinski definition) is 0. The number of fused-ring (bicyclic) bond motifs is 1. The van der Waals surface area contributed by atoms with E-state index in [1.54, 1.807) is 0 Å². The summed E-state index contributed by atoms with van der Waals surface area (Å²) in [5.74, 6) is 0. The zero-order chi connectivity index (χ0) is 11.5. The van der Waals surface area contributed by atoms with Crippen LogP contribution >= 0.6 is 22.6 Å². The lowest BCUT2D eigenvalue weighted by Gasteiger charge is -2.08. The van der Waals surface area contributed by atoms with E-state index in [0.29, 0.717) is 0 Å². The van der Waals surface area contributed by atoms with Gasteiger partial charge in [0.2, 0.25) is 0 Å². The van der Waals surface area contributed by atoms with E-state index >= 15 is 0 Å². The maximum Gasteiger partial charge on any atom is 0.0211 e. The van der Waals surface area contributed by atoms with Crippen molar-refractivity contribution < 1.29 is 0 Å². The zero-order valence-electron chi connectivity index (χ0n) is 9.20. The number of halogens is 1. The molecule has 0 aromatic heterocycles. The maximum absolute atomic E-state index is 3.71. The van der Waals surface area contributed by atoms with Gasteiger partial charge in [0.05, 0.1) is 0 Å². The second-order valence-electron chi connectivity index (χ2n) is 3.71. The Balaban J connectivity index is 2.75. The number of aryl methyl sites for hydroxylation is 1. The Morgan fingerprint density at radius 1 is 1.25 bits per heavy atom. The molecule has 0 amide bonds. The summed E-state index contributed by atoms with van der Waals surface area (Å²) in [5.41, 5.74) is 2.62. The van der Waals surface area contributed by atoms with Crippen molar-refractivity contribution in [2.45, 2.75) is 6.92 Å². The number of benzene rings is 2. The van der Waals surface area contributed by atoms with Gasteiger partial charge in [-0.25, -0.2) is 0 Å². The molecule has 80 valence electrons. The standard InChI is InChI=1S/C15H13I/c1-3-4-8-14-11(2)13-9-6-5-7-12(13)10-15(14)16/h3-10H,1H2,2H3/b8-4-. The van der Waals surface area contributed by atoms with Crippen molar-refractivity contribution in [3.05, 3.63) is 63.8 Å². The minimum Gasteiger partial charge on any atom is -0.0991 e. The van der Waals surface area contributed by atoms with Crippen molar-refractivity contribution in [1.82, 2.24) is 0 Å². The Labute approximate surface area is 110 Å². The Hall–Kier alpha value is -1.09. The number of allylic oxidation sites excluding steroid dienone is 2. The van der Waals surface area contributed by atoms with Crippen LogP contribution in [-0.4, -0.2) is 0 Å². The van der Waals surface area contributed by atoms with E-state index in [-0.39, 0.29) is 0 Å². The normalized spacial score (nSPS) is 11.1. The third-order valence-electron chi connectivity index (χ3n) is 2.71. The molecule has 0 aliphatic rings. The molecule has 16 heavy (non-hydrogen) atoms. The van der Waals surface area contributed by atoms with Gasteiger partial charge in [0.15, 0.2) is 0 Å². The van der Waals surface area contributed by atoms with Gasteiger partial charge >= 0.3 is 0 Å². The molecule has 0 radical (unpaired) electrons. The van der Waals surface area contributed by atoms with Gasteiger partial charge in [0, 0.05) is 3.57 Å². The molecule has 0 saturated carbocycles. The Bertz CT molecular complexity index is 565. The fourth-order valence-electron chi connectivity index (χ4n) is 1.87. The first-order chi connectivity index (χ1) is 7.74. The quantitative estimate of drug-likeness (QED) is 0.542. The zero-order valence-corrected chi connectivity index (χ0v) is 11.4. The lowest BCUT2D eigenvalue weighted by molar-refractivity contribution is 1.47. The van der Waals surface area contributed by atoms with Gasteiger partial charge in [-0.3, -0.25) is 0 Å². The highest BCUT2D eigenvalue weighted by Crippen LogP contribution is 2.27. The summed E-state index contributed by atoms with van der Waals surface area (Å²) < 4.78 is 1.28. The molecular weight excluding hydrogens is 307 g/mol.